The predicted molar refractivity (Wildman–Crippen MR) is 66.3 cm³/mol. The lowest BCUT2D eigenvalue weighted by Crippen LogP contribution is -2.12. The Morgan fingerprint density at radius 1 is 0.900 bits per heavy atom. The second-order valence-electron chi connectivity index (χ2n) is 3.94. The summed E-state index contributed by atoms with van der Waals surface area (Å²) in [6.45, 7) is 0. The van der Waals surface area contributed by atoms with Crippen molar-refractivity contribution >= 4 is 11.9 Å². The first kappa shape index (κ1) is 13.7. The number of carbonyl (C=O) groups is 2. The van der Waals surface area contributed by atoms with Gasteiger partial charge in [-0.25, -0.2) is 13.6 Å². The van der Waals surface area contributed by atoms with Gasteiger partial charge in [0, 0.05) is 11.6 Å². The summed E-state index contributed by atoms with van der Waals surface area (Å²) in [6.07, 6.45) is 0. The maximum atomic E-state index is 13.0. The molecule has 0 unspecified atom stereocenters. The molecule has 0 heterocycles. The van der Waals surface area contributed by atoms with Gasteiger partial charge in [0.1, 0.15) is 17.4 Å². The molecule has 0 aliphatic carbocycles. The highest BCUT2D eigenvalue weighted by molar-refractivity contribution is 5.93. The van der Waals surface area contributed by atoms with Crippen LogP contribution in [0.2, 0.25) is 0 Å². The first-order valence-electron chi connectivity index (χ1n) is 5.54. The fourth-order valence-electron chi connectivity index (χ4n) is 1.52. The SMILES string of the molecule is NC(=O)c1ccc(OC(=O)c2cc(F)cc(F)c2)cc1. The summed E-state index contributed by atoms with van der Waals surface area (Å²) in [7, 11) is 0. The number of carbonyl (C=O) groups excluding carboxylic acids is 2. The summed E-state index contributed by atoms with van der Waals surface area (Å²) < 4.78 is 30.9. The third-order valence-electron chi connectivity index (χ3n) is 2.45. The zero-order valence-electron chi connectivity index (χ0n) is 10.1. The Balaban J connectivity index is 2.16. The van der Waals surface area contributed by atoms with Gasteiger partial charge >= 0.3 is 5.97 Å². The number of primary amides is 1. The number of hydrogen-bond acceptors (Lipinski definition) is 3. The van der Waals surface area contributed by atoms with Crippen molar-refractivity contribution in [3.8, 4) is 5.75 Å². The molecule has 0 atom stereocenters. The molecular formula is C14H9F2NO3. The highest BCUT2D eigenvalue weighted by atomic mass is 19.1. The Labute approximate surface area is 112 Å². The molecule has 0 aliphatic heterocycles. The van der Waals surface area contributed by atoms with Gasteiger partial charge < -0.3 is 10.5 Å². The molecule has 2 aromatic rings. The number of benzene rings is 2. The minimum atomic E-state index is -0.907. The fraction of sp³-hybridized carbons (Fsp3) is 0. The maximum absolute atomic E-state index is 13.0. The van der Waals surface area contributed by atoms with Gasteiger partial charge in [0.25, 0.3) is 0 Å². The van der Waals surface area contributed by atoms with Crippen LogP contribution in [0.5, 0.6) is 5.75 Å². The molecular weight excluding hydrogens is 268 g/mol. The van der Waals surface area contributed by atoms with Crippen LogP contribution in [0, 0.1) is 11.6 Å². The second-order valence-corrected chi connectivity index (χ2v) is 3.94. The van der Waals surface area contributed by atoms with E-state index < -0.39 is 23.5 Å². The molecule has 4 nitrogen and oxygen atoms in total. The molecule has 0 spiro atoms. The Morgan fingerprint density at radius 2 is 1.45 bits per heavy atom. The maximum Gasteiger partial charge on any atom is 0.343 e. The van der Waals surface area contributed by atoms with E-state index in [-0.39, 0.29) is 16.9 Å². The van der Waals surface area contributed by atoms with E-state index >= 15 is 0 Å². The zero-order valence-corrected chi connectivity index (χ0v) is 10.1. The number of halogens is 2. The van der Waals surface area contributed by atoms with Gasteiger partial charge in [-0.1, -0.05) is 0 Å². The molecule has 1 amide bonds. The molecule has 6 heteroatoms. The minimum absolute atomic E-state index is 0.129. The number of rotatable bonds is 3. The lowest BCUT2D eigenvalue weighted by molar-refractivity contribution is 0.0733. The van der Waals surface area contributed by atoms with E-state index in [2.05, 4.69) is 0 Å². The van der Waals surface area contributed by atoms with Crippen molar-refractivity contribution in [2.24, 2.45) is 5.73 Å². The van der Waals surface area contributed by atoms with Crippen LogP contribution in [0.1, 0.15) is 20.7 Å². The van der Waals surface area contributed by atoms with Gasteiger partial charge in [0.2, 0.25) is 5.91 Å². The van der Waals surface area contributed by atoms with Crippen molar-refractivity contribution in [2.45, 2.75) is 0 Å². The number of esters is 1. The highest BCUT2D eigenvalue weighted by Crippen LogP contribution is 2.15. The van der Waals surface area contributed by atoms with Crippen molar-refractivity contribution in [2.75, 3.05) is 0 Å². The molecule has 0 aromatic heterocycles. The molecule has 0 saturated heterocycles. The van der Waals surface area contributed by atoms with Crippen LogP contribution in [0.25, 0.3) is 0 Å². The van der Waals surface area contributed by atoms with E-state index in [9.17, 15) is 18.4 Å². The lowest BCUT2D eigenvalue weighted by Gasteiger charge is -2.05. The summed E-state index contributed by atoms with van der Waals surface area (Å²) in [5, 5.41) is 0. The van der Waals surface area contributed by atoms with Crippen LogP contribution < -0.4 is 10.5 Å². The van der Waals surface area contributed by atoms with Gasteiger partial charge in [0.15, 0.2) is 0 Å². The minimum Gasteiger partial charge on any atom is -0.423 e. The number of ether oxygens (including phenoxy) is 1. The van der Waals surface area contributed by atoms with Crippen LogP contribution in [-0.2, 0) is 0 Å². The average molecular weight is 277 g/mol. The van der Waals surface area contributed by atoms with E-state index in [1.54, 1.807) is 0 Å². The Bertz CT molecular complexity index is 648. The molecule has 0 saturated carbocycles. The van der Waals surface area contributed by atoms with Crippen molar-refractivity contribution < 1.29 is 23.1 Å². The van der Waals surface area contributed by atoms with Crippen LogP contribution in [0.4, 0.5) is 8.78 Å². The molecule has 0 aliphatic rings. The number of amides is 1. The van der Waals surface area contributed by atoms with E-state index in [1.165, 1.54) is 24.3 Å². The molecule has 0 bridgehead atoms. The zero-order chi connectivity index (χ0) is 14.7. The quantitative estimate of drug-likeness (QED) is 0.691. The predicted octanol–water partition coefficient (Wildman–Crippen LogP) is 2.28. The fourth-order valence-corrected chi connectivity index (χ4v) is 1.52. The molecule has 2 N–H and O–H groups in total. The standard InChI is InChI=1S/C14H9F2NO3/c15-10-5-9(6-11(16)7-10)14(19)20-12-3-1-8(2-4-12)13(17)18/h1-7H,(H2,17,18). The van der Waals surface area contributed by atoms with Gasteiger partial charge in [-0.2, -0.15) is 0 Å². The second kappa shape index (κ2) is 5.48. The summed E-state index contributed by atoms with van der Waals surface area (Å²) in [6, 6.07) is 7.83. The number of nitrogens with two attached hydrogens (primary N) is 1. The largest absolute Gasteiger partial charge is 0.423 e. The highest BCUT2D eigenvalue weighted by Gasteiger charge is 2.12. The van der Waals surface area contributed by atoms with Crippen LogP contribution >= 0.6 is 0 Å². The van der Waals surface area contributed by atoms with E-state index in [0.29, 0.717) is 6.07 Å². The smallest absolute Gasteiger partial charge is 0.343 e. The molecule has 102 valence electrons. The topological polar surface area (TPSA) is 69.4 Å². The monoisotopic (exact) mass is 277 g/mol. The van der Waals surface area contributed by atoms with Crippen LogP contribution in [0.15, 0.2) is 42.5 Å². The third-order valence-corrected chi connectivity index (χ3v) is 2.45. The summed E-state index contributed by atoms with van der Waals surface area (Å²) in [4.78, 5) is 22.6. The van der Waals surface area contributed by atoms with E-state index in [1.807, 2.05) is 0 Å². The van der Waals surface area contributed by atoms with E-state index in [0.717, 1.165) is 12.1 Å². The van der Waals surface area contributed by atoms with Gasteiger partial charge in [0.05, 0.1) is 5.56 Å². The van der Waals surface area contributed by atoms with E-state index in [4.69, 9.17) is 10.5 Å². The van der Waals surface area contributed by atoms with Gasteiger partial charge in [-0.3, -0.25) is 4.79 Å². The van der Waals surface area contributed by atoms with Crippen LogP contribution in [0.3, 0.4) is 0 Å². The molecule has 20 heavy (non-hydrogen) atoms. The Morgan fingerprint density at radius 3 is 1.95 bits per heavy atom. The molecule has 0 fully saturated rings. The Kier molecular flexibility index (Phi) is 3.74. The van der Waals surface area contributed by atoms with Gasteiger partial charge in [-0.15, -0.1) is 0 Å². The lowest BCUT2D eigenvalue weighted by atomic mass is 10.2. The van der Waals surface area contributed by atoms with Gasteiger partial charge in [-0.05, 0) is 36.4 Å². The van der Waals surface area contributed by atoms with Crippen molar-refractivity contribution in [3.63, 3.8) is 0 Å². The summed E-state index contributed by atoms with van der Waals surface area (Å²) in [5.74, 6) is -3.14. The Hall–Kier alpha value is -2.76. The van der Waals surface area contributed by atoms with Crippen molar-refractivity contribution in [1.29, 1.82) is 0 Å². The van der Waals surface area contributed by atoms with Crippen molar-refractivity contribution in [3.05, 3.63) is 65.2 Å². The normalized spacial score (nSPS) is 10.1. The summed E-state index contributed by atoms with van der Waals surface area (Å²) in [5.41, 5.74) is 5.06. The first-order chi connectivity index (χ1) is 9.45. The first-order valence-corrected chi connectivity index (χ1v) is 5.54. The third kappa shape index (κ3) is 3.17. The van der Waals surface area contributed by atoms with Crippen LogP contribution in [-0.4, -0.2) is 11.9 Å². The molecule has 0 radical (unpaired) electrons. The molecule has 2 rings (SSSR count). The van der Waals surface area contributed by atoms with Crippen molar-refractivity contribution in [1.82, 2.24) is 0 Å². The molecule has 2 aromatic carbocycles. The average Bonchev–Trinajstić information content (AvgIpc) is 2.38. The summed E-state index contributed by atoms with van der Waals surface area (Å²) >= 11 is 0. The number of hydrogen-bond donors (Lipinski definition) is 1.